The van der Waals surface area contributed by atoms with E-state index in [1.165, 1.54) is 14.0 Å². The molecule has 1 aromatic carbocycles. The van der Waals surface area contributed by atoms with Crippen molar-refractivity contribution in [3.63, 3.8) is 0 Å². The lowest BCUT2D eigenvalue weighted by atomic mass is 10.1. The number of anilines is 1. The van der Waals surface area contributed by atoms with Crippen LogP contribution in [-0.4, -0.2) is 19.1 Å². The van der Waals surface area contributed by atoms with Crippen LogP contribution in [0.5, 0.6) is 0 Å². The van der Waals surface area contributed by atoms with Gasteiger partial charge >= 0.3 is 5.97 Å². The zero-order valence-corrected chi connectivity index (χ0v) is 10.0. The van der Waals surface area contributed by atoms with Gasteiger partial charge in [0, 0.05) is 6.07 Å². The van der Waals surface area contributed by atoms with E-state index in [1.807, 2.05) is 0 Å². The minimum absolute atomic E-state index is 0.0367. The Morgan fingerprint density at radius 1 is 1.41 bits per heavy atom. The Morgan fingerprint density at radius 2 is 2.06 bits per heavy atom. The summed E-state index contributed by atoms with van der Waals surface area (Å²) in [4.78, 5) is 11.3. The van der Waals surface area contributed by atoms with E-state index in [0.717, 1.165) is 12.1 Å². The van der Waals surface area contributed by atoms with Crippen LogP contribution < -0.4 is 5.32 Å². The summed E-state index contributed by atoms with van der Waals surface area (Å²) in [5.74, 6) is -1.62. The number of benzene rings is 1. The molecule has 0 amide bonds. The van der Waals surface area contributed by atoms with Crippen molar-refractivity contribution >= 4 is 11.7 Å². The number of nitrogens with one attached hydrogen (secondary N) is 1. The van der Waals surface area contributed by atoms with Gasteiger partial charge in [0.2, 0.25) is 0 Å². The van der Waals surface area contributed by atoms with Gasteiger partial charge in [0.1, 0.15) is 17.7 Å². The molecule has 1 atom stereocenters. The normalized spacial score (nSPS) is 12.1. The number of hydrogen-bond acceptors (Lipinski definition) is 3. The summed E-state index contributed by atoms with van der Waals surface area (Å²) in [6.07, 6.45) is 0.418. The van der Waals surface area contributed by atoms with Gasteiger partial charge < -0.3 is 10.1 Å². The van der Waals surface area contributed by atoms with Crippen molar-refractivity contribution in [3.05, 3.63) is 29.3 Å². The lowest BCUT2D eigenvalue weighted by molar-refractivity contribution is -0.141. The van der Waals surface area contributed by atoms with Gasteiger partial charge in [0.05, 0.1) is 12.8 Å². The zero-order chi connectivity index (χ0) is 13.0. The standard InChI is InChI=1S/C12H15F2NO2/c1-4-10(12(16)17-3)15-11-6-8(13)7(2)5-9(11)14/h5-6,10,15H,4H2,1-3H3. The average molecular weight is 243 g/mol. The molecule has 0 saturated carbocycles. The Kier molecular flexibility index (Phi) is 4.43. The van der Waals surface area contributed by atoms with Crippen LogP contribution in [0.1, 0.15) is 18.9 Å². The predicted molar refractivity (Wildman–Crippen MR) is 60.8 cm³/mol. The molecule has 1 unspecified atom stereocenters. The highest BCUT2D eigenvalue weighted by molar-refractivity contribution is 5.79. The van der Waals surface area contributed by atoms with E-state index in [0.29, 0.717) is 6.42 Å². The lowest BCUT2D eigenvalue weighted by Gasteiger charge is -2.16. The van der Waals surface area contributed by atoms with E-state index in [4.69, 9.17) is 0 Å². The first-order valence-corrected chi connectivity index (χ1v) is 5.29. The summed E-state index contributed by atoms with van der Waals surface area (Å²) < 4.78 is 31.3. The Balaban J connectivity index is 2.94. The van der Waals surface area contributed by atoms with Crippen LogP contribution in [-0.2, 0) is 9.53 Å². The van der Waals surface area contributed by atoms with Crippen LogP contribution in [0.2, 0.25) is 0 Å². The van der Waals surface area contributed by atoms with E-state index in [2.05, 4.69) is 10.1 Å². The van der Waals surface area contributed by atoms with Gasteiger partial charge in [-0.1, -0.05) is 6.92 Å². The fraction of sp³-hybridized carbons (Fsp3) is 0.417. The molecule has 0 aliphatic carbocycles. The molecule has 0 aliphatic rings. The molecule has 0 aromatic heterocycles. The number of halogens is 2. The summed E-state index contributed by atoms with van der Waals surface area (Å²) in [5.41, 5.74) is 0.185. The summed E-state index contributed by atoms with van der Waals surface area (Å²) in [6.45, 7) is 3.22. The predicted octanol–water partition coefficient (Wildman–Crippen LogP) is 2.64. The zero-order valence-electron chi connectivity index (χ0n) is 10.0. The summed E-state index contributed by atoms with van der Waals surface area (Å²) in [5, 5.41) is 2.63. The maximum absolute atomic E-state index is 13.5. The number of rotatable bonds is 4. The Bertz CT molecular complexity index is 421. The number of methoxy groups -OCH3 is 1. The van der Waals surface area contributed by atoms with Crippen LogP contribution in [0, 0.1) is 18.6 Å². The number of carbonyl (C=O) groups excluding carboxylic acids is 1. The van der Waals surface area contributed by atoms with Crippen LogP contribution in [0.3, 0.4) is 0 Å². The molecule has 1 rings (SSSR count). The average Bonchev–Trinajstić information content (AvgIpc) is 2.31. The molecule has 94 valence electrons. The van der Waals surface area contributed by atoms with Crippen molar-refractivity contribution in [2.75, 3.05) is 12.4 Å². The van der Waals surface area contributed by atoms with Gasteiger partial charge in [-0.25, -0.2) is 13.6 Å². The lowest BCUT2D eigenvalue weighted by Crippen LogP contribution is -2.30. The second kappa shape index (κ2) is 5.61. The van der Waals surface area contributed by atoms with Gasteiger partial charge in [-0.15, -0.1) is 0 Å². The molecule has 0 saturated heterocycles. The third-order valence-corrected chi connectivity index (χ3v) is 2.47. The molecule has 3 nitrogen and oxygen atoms in total. The van der Waals surface area contributed by atoms with Gasteiger partial charge in [0.25, 0.3) is 0 Å². The van der Waals surface area contributed by atoms with E-state index in [9.17, 15) is 13.6 Å². The first kappa shape index (κ1) is 13.4. The van der Waals surface area contributed by atoms with Gasteiger partial charge in [-0.05, 0) is 25.0 Å². The number of carbonyl (C=O) groups is 1. The van der Waals surface area contributed by atoms with Crippen LogP contribution in [0.25, 0.3) is 0 Å². The highest BCUT2D eigenvalue weighted by Crippen LogP contribution is 2.20. The Hall–Kier alpha value is -1.65. The van der Waals surface area contributed by atoms with Crippen molar-refractivity contribution in [2.45, 2.75) is 26.3 Å². The minimum Gasteiger partial charge on any atom is -0.467 e. The number of ether oxygens (including phenoxy) is 1. The summed E-state index contributed by atoms with van der Waals surface area (Å²) in [7, 11) is 1.25. The topological polar surface area (TPSA) is 38.3 Å². The van der Waals surface area contributed by atoms with Crippen molar-refractivity contribution in [2.24, 2.45) is 0 Å². The molecular formula is C12H15F2NO2. The first-order valence-electron chi connectivity index (χ1n) is 5.29. The number of aryl methyl sites for hydroxylation is 1. The van der Waals surface area contributed by atoms with Crippen molar-refractivity contribution in [3.8, 4) is 0 Å². The summed E-state index contributed by atoms with van der Waals surface area (Å²) >= 11 is 0. The molecule has 0 radical (unpaired) electrons. The molecule has 1 N–H and O–H groups in total. The molecule has 0 fully saturated rings. The highest BCUT2D eigenvalue weighted by atomic mass is 19.1. The van der Waals surface area contributed by atoms with Gasteiger partial charge in [0.15, 0.2) is 0 Å². The third kappa shape index (κ3) is 3.15. The SMILES string of the molecule is CCC(Nc1cc(F)c(C)cc1F)C(=O)OC. The first-order chi connectivity index (χ1) is 7.99. The molecule has 1 aromatic rings. The molecule has 0 aliphatic heterocycles. The smallest absolute Gasteiger partial charge is 0.328 e. The quantitative estimate of drug-likeness (QED) is 0.826. The van der Waals surface area contributed by atoms with Crippen molar-refractivity contribution < 1.29 is 18.3 Å². The molecule has 0 bridgehead atoms. The Labute approximate surface area is 98.8 Å². The highest BCUT2D eigenvalue weighted by Gasteiger charge is 2.18. The van der Waals surface area contributed by atoms with Gasteiger partial charge in [-0.3, -0.25) is 0 Å². The molecule has 0 heterocycles. The van der Waals surface area contributed by atoms with Crippen LogP contribution in [0.4, 0.5) is 14.5 Å². The van der Waals surface area contributed by atoms with E-state index < -0.39 is 23.6 Å². The Morgan fingerprint density at radius 3 is 2.59 bits per heavy atom. The van der Waals surface area contributed by atoms with E-state index in [1.54, 1.807) is 6.92 Å². The minimum atomic E-state index is -0.684. The second-order valence-electron chi connectivity index (χ2n) is 3.71. The third-order valence-electron chi connectivity index (χ3n) is 2.47. The monoisotopic (exact) mass is 243 g/mol. The van der Waals surface area contributed by atoms with Crippen molar-refractivity contribution in [1.29, 1.82) is 0 Å². The van der Waals surface area contributed by atoms with Crippen LogP contribution in [0.15, 0.2) is 12.1 Å². The second-order valence-corrected chi connectivity index (χ2v) is 3.71. The molecule has 17 heavy (non-hydrogen) atoms. The largest absolute Gasteiger partial charge is 0.467 e. The number of hydrogen-bond donors (Lipinski definition) is 1. The fourth-order valence-corrected chi connectivity index (χ4v) is 1.41. The summed E-state index contributed by atoms with van der Waals surface area (Å²) in [6, 6.07) is 1.44. The van der Waals surface area contributed by atoms with Crippen LogP contribution >= 0.6 is 0 Å². The van der Waals surface area contributed by atoms with E-state index >= 15 is 0 Å². The fourth-order valence-electron chi connectivity index (χ4n) is 1.41. The van der Waals surface area contributed by atoms with Crippen molar-refractivity contribution in [1.82, 2.24) is 0 Å². The molecule has 0 spiro atoms. The number of esters is 1. The van der Waals surface area contributed by atoms with E-state index in [-0.39, 0.29) is 11.3 Å². The maximum Gasteiger partial charge on any atom is 0.328 e. The maximum atomic E-state index is 13.5. The molecular weight excluding hydrogens is 228 g/mol. The van der Waals surface area contributed by atoms with Gasteiger partial charge in [-0.2, -0.15) is 0 Å². The molecule has 5 heteroatoms.